The van der Waals surface area contributed by atoms with Crippen molar-refractivity contribution in [2.24, 2.45) is 5.84 Å². The Morgan fingerprint density at radius 3 is 2.88 bits per heavy atom. The fourth-order valence-corrected chi connectivity index (χ4v) is 2.13. The van der Waals surface area contributed by atoms with E-state index in [1.54, 1.807) is 18.3 Å². The van der Waals surface area contributed by atoms with Crippen molar-refractivity contribution in [3.8, 4) is 0 Å². The Morgan fingerprint density at radius 1 is 1.59 bits per heavy atom. The maximum Gasteiger partial charge on any atom is 0.251 e. The molecular formula is C12H18N4O. The monoisotopic (exact) mass is 234 g/mol. The highest BCUT2D eigenvalue weighted by molar-refractivity contribution is 5.95. The number of aromatic nitrogens is 1. The molecule has 0 bridgehead atoms. The van der Waals surface area contributed by atoms with Crippen LogP contribution in [0.2, 0.25) is 0 Å². The summed E-state index contributed by atoms with van der Waals surface area (Å²) in [5, 5.41) is 3.11. The van der Waals surface area contributed by atoms with E-state index < -0.39 is 0 Å². The molecule has 0 spiro atoms. The van der Waals surface area contributed by atoms with Crippen molar-refractivity contribution in [1.29, 1.82) is 0 Å². The van der Waals surface area contributed by atoms with E-state index in [9.17, 15) is 4.79 Å². The zero-order valence-corrected chi connectivity index (χ0v) is 9.99. The van der Waals surface area contributed by atoms with E-state index in [1.807, 2.05) is 0 Å². The summed E-state index contributed by atoms with van der Waals surface area (Å²) in [7, 11) is 0. The number of nitrogens with one attached hydrogen (secondary N) is 2. The molecule has 1 aliphatic rings. The number of anilines is 1. The van der Waals surface area contributed by atoms with Gasteiger partial charge in [-0.2, -0.15) is 0 Å². The van der Waals surface area contributed by atoms with Crippen molar-refractivity contribution in [2.45, 2.75) is 38.1 Å². The first kappa shape index (κ1) is 11.9. The number of pyridine rings is 1. The lowest BCUT2D eigenvalue weighted by molar-refractivity contribution is 0.0820. The molecular weight excluding hydrogens is 216 g/mol. The van der Waals surface area contributed by atoms with Crippen LogP contribution in [0.15, 0.2) is 18.3 Å². The number of nitrogen functional groups attached to an aromatic ring is 1. The Labute approximate surface area is 101 Å². The second-order valence-electron chi connectivity index (χ2n) is 4.52. The molecule has 0 radical (unpaired) electrons. The second kappa shape index (κ2) is 4.71. The lowest BCUT2D eigenvalue weighted by Crippen LogP contribution is -2.52. The SMILES string of the molecule is CCC1(NC(=O)c2ccnc(NN)c2)CCC1. The molecule has 0 saturated heterocycles. The average molecular weight is 234 g/mol. The van der Waals surface area contributed by atoms with Crippen LogP contribution < -0.4 is 16.6 Å². The molecule has 92 valence electrons. The molecule has 1 aromatic heterocycles. The molecule has 2 rings (SSSR count). The summed E-state index contributed by atoms with van der Waals surface area (Å²) < 4.78 is 0. The van der Waals surface area contributed by atoms with Crippen molar-refractivity contribution in [2.75, 3.05) is 5.43 Å². The van der Waals surface area contributed by atoms with E-state index in [2.05, 4.69) is 22.7 Å². The van der Waals surface area contributed by atoms with Crippen molar-refractivity contribution >= 4 is 11.7 Å². The Kier molecular flexibility index (Phi) is 3.28. The van der Waals surface area contributed by atoms with Crippen LogP contribution in [0, 0.1) is 0 Å². The fraction of sp³-hybridized carbons (Fsp3) is 0.500. The number of carbonyl (C=O) groups is 1. The molecule has 1 fully saturated rings. The largest absolute Gasteiger partial charge is 0.347 e. The van der Waals surface area contributed by atoms with Gasteiger partial charge in [0.15, 0.2) is 0 Å². The highest BCUT2D eigenvalue weighted by Gasteiger charge is 2.36. The number of hydrogen-bond acceptors (Lipinski definition) is 4. The molecule has 0 aromatic carbocycles. The van der Waals surface area contributed by atoms with Gasteiger partial charge in [-0.1, -0.05) is 6.92 Å². The van der Waals surface area contributed by atoms with Gasteiger partial charge in [0.25, 0.3) is 5.91 Å². The van der Waals surface area contributed by atoms with Gasteiger partial charge in [0.2, 0.25) is 0 Å². The lowest BCUT2D eigenvalue weighted by Gasteiger charge is -2.42. The number of nitrogens with zero attached hydrogens (tertiary/aromatic N) is 1. The van der Waals surface area contributed by atoms with E-state index in [0.29, 0.717) is 11.4 Å². The molecule has 17 heavy (non-hydrogen) atoms. The normalized spacial score (nSPS) is 17.1. The third-order valence-electron chi connectivity index (χ3n) is 3.54. The van der Waals surface area contributed by atoms with Crippen LogP contribution in [0.3, 0.4) is 0 Å². The maximum absolute atomic E-state index is 12.1. The topological polar surface area (TPSA) is 80.0 Å². The van der Waals surface area contributed by atoms with Crippen molar-refractivity contribution < 1.29 is 4.79 Å². The van der Waals surface area contributed by atoms with Crippen molar-refractivity contribution in [1.82, 2.24) is 10.3 Å². The Bertz CT molecular complexity index is 409. The highest BCUT2D eigenvalue weighted by Crippen LogP contribution is 2.34. The summed E-state index contributed by atoms with van der Waals surface area (Å²) in [4.78, 5) is 16.0. The Balaban J connectivity index is 2.08. The molecule has 0 aliphatic heterocycles. The Morgan fingerprint density at radius 2 is 2.35 bits per heavy atom. The van der Waals surface area contributed by atoms with Crippen LogP contribution in [0.1, 0.15) is 43.0 Å². The van der Waals surface area contributed by atoms with Crippen molar-refractivity contribution in [3.63, 3.8) is 0 Å². The van der Waals surface area contributed by atoms with E-state index in [1.165, 1.54) is 6.42 Å². The summed E-state index contributed by atoms with van der Waals surface area (Å²) in [5.74, 6) is 5.71. The van der Waals surface area contributed by atoms with E-state index in [0.717, 1.165) is 19.3 Å². The minimum atomic E-state index is -0.0505. The van der Waals surface area contributed by atoms with Gasteiger partial charge in [-0.05, 0) is 37.8 Å². The van der Waals surface area contributed by atoms with Crippen LogP contribution in [-0.2, 0) is 0 Å². The first-order valence-electron chi connectivity index (χ1n) is 5.94. The number of nitrogens with two attached hydrogens (primary N) is 1. The van der Waals surface area contributed by atoms with Crippen molar-refractivity contribution in [3.05, 3.63) is 23.9 Å². The highest BCUT2D eigenvalue weighted by atomic mass is 16.1. The van der Waals surface area contributed by atoms with Crippen LogP contribution in [0.5, 0.6) is 0 Å². The molecule has 0 unspecified atom stereocenters. The number of amides is 1. The van der Waals surface area contributed by atoms with Gasteiger partial charge >= 0.3 is 0 Å². The molecule has 0 atom stereocenters. The smallest absolute Gasteiger partial charge is 0.251 e. The molecule has 1 aliphatic carbocycles. The van der Waals surface area contributed by atoms with Gasteiger partial charge in [0.1, 0.15) is 5.82 Å². The zero-order chi connectivity index (χ0) is 12.3. The van der Waals surface area contributed by atoms with Gasteiger partial charge in [0, 0.05) is 17.3 Å². The van der Waals surface area contributed by atoms with Gasteiger partial charge in [-0.3, -0.25) is 4.79 Å². The summed E-state index contributed by atoms with van der Waals surface area (Å²) >= 11 is 0. The number of rotatable bonds is 4. The van der Waals surface area contributed by atoms with Gasteiger partial charge < -0.3 is 10.7 Å². The minimum Gasteiger partial charge on any atom is -0.347 e. The number of carbonyl (C=O) groups excluding carboxylic acids is 1. The van der Waals surface area contributed by atoms with Crippen LogP contribution in [-0.4, -0.2) is 16.4 Å². The molecule has 1 heterocycles. The number of hydrogen-bond donors (Lipinski definition) is 3. The quantitative estimate of drug-likeness (QED) is 0.544. The lowest BCUT2D eigenvalue weighted by atomic mass is 9.74. The minimum absolute atomic E-state index is 0.0106. The molecule has 5 heteroatoms. The predicted octanol–water partition coefficient (Wildman–Crippen LogP) is 1.43. The van der Waals surface area contributed by atoms with E-state index >= 15 is 0 Å². The second-order valence-corrected chi connectivity index (χ2v) is 4.52. The maximum atomic E-state index is 12.1. The molecule has 5 nitrogen and oxygen atoms in total. The van der Waals surface area contributed by atoms with E-state index in [4.69, 9.17) is 5.84 Å². The standard InChI is InChI=1S/C12H18N4O/c1-2-12(5-3-6-12)15-11(17)9-4-7-14-10(8-9)16-13/h4,7-8H,2-3,5-6,13H2,1H3,(H,14,16)(H,15,17). The third kappa shape index (κ3) is 2.39. The molecule has 4 N–H and O–H groups in total. The number of hydrazine groups is 1. The summed E-state index contributed by atoms with van der Waals surface area (Å²) in [6.07, 6.45) is 5.89. The first-order valence-corrected chi connectivity index (χ1v) is 5.94. The molecule has 1 amide bonds. The molecule has 1 aromatic rings. The average Bonchev–Trinajstić information content (AvgIpc) is 2.33. The summed E-state index contributed by atoms with van der Waals surface area (Å²) in [5.41, 5.74) is 3.04. The molecule has 1 saturated carbocycles. The van der Waals surface area contributed by atoms with Crippen LogP contribution in [0.4, 0.5) is 5.82 Å². The van der Waals surface area contributed by atoms with E-state index in [-0.39, 0.29) is 11.4 Å². The predicted molar refractivity (Wildman–Crippen MR) is 66.4 cm³/mol. The first-order chi connectivity index (χ1) is 8.19. The van der Waals surface area contributed by atoms with Crippen LogP contribution >= 0.6 is 0 Å². The Hall–Kier alpha value is -1.62. The van der Waals surface area contributed by atoms with Crippen LogP contribution in [0.25, 0.3) is 0 Å². The summed E-state index contributed by atoms with van der Waals surface area (Å²) in [6.45, 7) is 2.11. The van der Waals surface area contributed by atoms with Gasteiger partial charge in [-0.15, -0.1) is 0 Å². The third-order valence-corrected chi connectivity index (χ3v) is 3.54. The summed E-state index contributed by atoms with van der Waals surface area (Å²) in [6, 6.07) is 3.34. The fourth-order valence-electron chi connectivity index (χ4n) is 2.13. The van der Waals surface area contributed by atoms with Gasteiger partial charge in [0.05, 0.1) is 0 Å². The van der Waals surface area contributed by atoms with Gasteiger partial charge in [-0.25, -0.2) is 10.8 Å². The zero-order valence-electron chi connectivity index (χ0n) is 9.99.